The molecule has 138 valence electrons. The number of benzene rings is 1. The van der Waals surface area contributed by atoms with E-state index >= 15 is 0 Å². The molecule has 2 amide bonds. The van der Waals surface area contributed by atoms with Crippen LogP contribution in [0.2, 0.25) is 0 Å². The Morgan fingerprint density at radius 2 is 2.00 bits per heavy atom. The lowest BCUT2D eigenvalue weighted by Crippen LogP contribution is -2.55. The fraction of sp³-hybridized carbons (Fsp3) is 0.300. The Kier molecular flexibility index (Phi) is 4.14. The Bertz CT molecular complexity index is 1040. The van der Waals surface area contributed by atoms with Gasteiger partial charge >= 0.3 is 0 Å². The summed E-state index contributed by atoms with van der Waals surface area (Å²) < 4.78 is 1.69. The minimum atomic E-state index is -0.508. The normalized spacial score (nSPS) is 17.2. The lowest BCUT2D eigenvalue weighted by molar-refractivity contribution is -0.127. The lowest BCUT2D eigenvalue weighted by atomic mass is 10.0. The summed E-state index contributed by atoms with van der Waals surface area (Å²) in [5.74, 6) is -0.302. The summed E-state index contributed by atoms with van der Waals surface area (Å²) in [7, 11) is 1.82. The number of pyridine rings is 1. The maximum absolute atomic E-state index is 13.4. The number of aryl methyl sites for hydroxylation is 2. The maximum Gasteiger partial charge on any atom is 0.255 e. The van der Waals surface area contributed by atoms with Crippen molar-refractivity contribution < 1.29 is 9.59 Å². The molecule has 1 atom stereocenters. The molecular formula is C20H21N5O2. The van der Waals surface area contributed by atoms with Gasteiger partial charge in [-0.25, -0.2) is 4.98 Å². The van der Waals surface area contributed by atoms with Gasteiger partial charge < -0.3 is 10.2 Å². The van der Waals surface area contributed by atoms with Crippen LogP contribution < -0.4 is 5.32 Å². The second-order valence-corrected chi connectivity index (χ2v) is 6.79. The van der Waals surface area contributed by atoms with Crippen LogP contribution in [0.25, 0.3) is 22.3 Å². The number of piperazine rings is 1. The third kappa shape index (κ3) is 2.85. The van der Waals surface area contributed by atoms with E-state index in [1.165, 1.54) is 0 Å². The van der Waals surface area contributed by atoms with Crippen LogP contribution in [0, 0.1) is 6.92 Å². The summed E-state index contributed by atoms with van der Waals surface area (Å²) >= 11 is 0. The first-order chi connectivity index (χ1) is 13.0. The van der Waals surface area contributed by atoms with Gasteiger partial charge in [-0.05, 0) is 19.9 Å². The molecule has 1 aromatic carbocycles. The molecule has 0 bridgehead atoms. The van der Waals surface area contributed by atoms with Crippen LogP contribution in [0.15, 0.2) is 36.4 Å². The quantitative estimate of drug-likeness (QED) is 0.754. The fourth-order valence-electron chi connectivity index (χ4n) is 3.58. The molecule has 1 N–H and O–H groups in total. The van der Waals surface area contributed by atoms with E-state index in [0.29, 0.717) is 30.0 Å². The van der Waals surface area contributed by atoms with Crippen molar-refractivity contribution in [3.05, 3.63) is 47.7 Å². The summed E-state index contributed by atoms with van der Waals surface area (Å²) in [6.07, 6.45) is 0. The van der Waals surface area contributed by atoms with Crippen LogP contribution in [0.5, 0.6) is 0 Å². The molecule has 3 aromatic rings. The number of amides is 2. The molecule has 7 heteroatoms. The molecular weight excluding hydrogens is 342 g/mol. The first-order valence-electron chi connectivity index (χ1n) is 8.96. The first-order valence-corrected chi connectivity index (χ1v) is 8.96. The molecule has 1 aliphatic heterocycles. The lowest BCUT2D eigenvalue weighted by Gasteiger charge is -2.33. The summed E-state index contributed by atoms with van der Waals surface area (Å²) in [6.45, 7) is 4.56. The Hall–Kier alpha value is -3.22. The monoisotopic (exact) mass is 363 g/mol. The van der Waals surface area contributed by atoms with Gasteiger partial charge in [0.1, 0.15) is 6.04 Å². The van der Waals surface area contributed by atoms with Crippen LogP contribution in [0.1, 0.15) is 23.0 Å². The van der Waals surface area contributed by atoms with E-state index in [-0.39, 0.29) is 11.8 Å². The number of nitrogens with one attached hydrogen (secondary N) is 1. The van der Waals surface area contributed by atoms with Gasteiger partial charge in [0.15, 0.2) is 5.65 Å². The molecule has 1 fully saturated rings. The Labute approximate surface area is 157 Å². The molecule has 4 rings (SSSR count). The van der Waals surface area contributed by atoms with Gasteiger partial charge in [0.25, 0.3) is 5.91 Å². The molecule has 0 aliphatic carbocycles. The molecule has 3 heterocycles. The standard InChI is InChI=1S/C20H21N5O2/c1-12-17-15(20(27)25-10-9-21-19(26)13(25)2)11-16(14-7-5-4-6-8-14)22-18(17)24(3)23-12/h4-8,11,13H,9-10H2,1-3H3,(H,21,26). The number of rotatable bonds is 2. The van der Waals surface area contributed by atoms with Gasteiger partial charge in [-0.1, -0.05) is 30.3 Å². The van der Waals surface area contributed by atoms with Crippen molar-refractivity contribution in [3.63, 3.8) is 0 Å². The minimum Gasteiger partial charge on any atom is -0.353 e. The fourth-order valence-corrected chi connectivity index (χ4v) is 3.58. The number of carbonyl (C=O) groups is 2. The van der Waals surface area contributed by atoms with Gasteiger partial charge in [0, 0.05) is 25.7 Å². The third-order valence-electron chi connectivity index (χ3n) is 5.03. The molecule has 2 aromatic heterocycles. The van der Waals surface area contributed by atoms with Crippen LogP contribution in [-0.2, 0) is 11.8 Å². The number of hydrogen-bond acceptors (Lipinski definition) is 4. The topological polar surface area (TPSA) is 80.1 Å². The van der Waals surface area contributed by atoms with Crippen molar-refractivity contribution in [1.82, 2.24) is 25.0 Å². The van der Waals surface area contributed by atoms with E-state index in [4.69, 9.17) is 4.98 Å². The van der Waals surface area contributed by atoms with Crippen molar-refractivity contribution in [2.24, 2.45) is 7.05 Å². The molecule has 1 saturated heterocycles. The third-order valence-corrected chi connectivity index (χ3v) is 5.03. The Balaban J connectivity index is 1.90. The highest BCUT2D eigenvalue weighted by Gasteiger charge is 2.32. The predicted molar refractivity (Wildman–Crippen MR) is 102 cm³/mol. The number of aromatic nitrogens is 3. The number of nitrogens with zero attached hydrogens (tertiary/aromatic N) is 4. The molecule has 27 heavy (non-hydrogen) atoms. The number of carbonyl (C=O) groups excluding carboxylic acids is 2. The minimum absolute atomic E-state index is 0.133. The van der Waals surface area contributed by atoms with Crippen LogP contribution in [0.3, 0.4) is 0 Å². The zero-order valence-corrected chi connectivity index (χ0v) is 15.6. The van der Waals surface area contributed by atoms with E-state index in [1.54, 1.807) is 16.5 Å². The first kappa shape index (κ1) is 17.2. The zero-order valence-electron chi connectivity index (χ0n) is 15.6. The second-order valence-electron chi connectivity index (χ2n) is 6.79. The summed E-state index contributed by atoms with van der Waals surface area (Å²) in [5.41, 5.74) is 3.58. The van der Waals surface area contributed by atoms with Crippen molar-refractivity contribution >= 4 is 22.8 Å². The average molecular weight is 363 g/mol. The van der Waals surface area contributed by atoms with Gasteiger partial charge in [-0.2, -0.15) is 5.10 Å². The Morgan fingerprint density at radius 1 is 1.26 bits per heavy atom. The highest BCUT2D eigenvalue weighted by atomic mass is 16.2. The van der Waals surface area contributed by atoms with Gasteiger partial charge in [-0.15, -0.1) is 0 Å². The van der Waals surface area contributed by atoms with Gasteiger partial charge in [-0.3, -0.25) is 14.3 Å². The molecule has 7 nitrogen and oxygen atoms in total. The van der Waals surface area contributed by atoms with E-state index < -0.39 is 6.04 Å². The maximum atomic E-state index is 13.4. The average Bonchev–Trinajstić information content (AvgIpc) is 2.97. The van der Waals surface area contributed by atoms with E-state index in [0.717, 1.165) is 16.6 Å². The van der Waals surface area contributed by atoms with Crippen molar-refractivity contribution in [2.75, 3.05) is 13.1 Å². The Morgan fingerprint density at radius 3 is 2.74 bits per heavy atom. The summed E-state index contributed by atoms with van der Waals surface area (Å²) in [6, 6.07) is 11.0. The van der Waals surface area contributed by atoms with Crippen LogP contribution in [-0.4, -0.2) is 50.6 Å². The van der Waals surface area contributed by atoms with E-state index in [2.05, 4.69) is 10.4 Å². The summed E-state index contributed by atoms with van der Waals surface area (Å²) in [4.78, 5) is 31.8. The van der Waals surface area contributed by atoms with Crippen molar-refractivity contribution in [1.29, 1.82) is 0 Å². The van der Waals surface area contributed by atoms with E-state index in [9.17, 15) is 9.59 Å². The highest BCUT2D eigenvalue weighted by Crippen LogP contribution is 2.28. The van der Waals surface area contributed by atoms with Gasteiger partial charge in [0.2, 0.25) is 5.91 Å². The zero-order chi connectivity index (χ0) is 19.1. The largest absolute Gasteiger partial charge is 0.353 e. The number of hydrogen-bond donors (Lipinski definition) is 1. The van der Waals surface area contributed by atoms with Crippen molar-refractivity contribution in [2.45, 2.75) is 19.9 Å². The molecule has 0 radical (unpaired) electrons. The highest BCUT2D eigenvalue weighted by molar-refractivity contribution is 6.08. The predicted octanol–water partition coefficient (Wildman–Crippen LogP) is 1.90. The number of fused-ring (bicyclic) bond motifs is 1. The molecule has 1 unspecified atom stereocenters. The SMILES string of the molecule is Cc1nn(C)c2nc(-c3ccccc3)cc(C(=O)N3CCNC(=O)C3C)c12. The molecule has 0 spiro atoms. The molecule has 1 aliphatic rings. The molecule has 0 saturated carbocycles. The van der Waals surface area contributed by atoms with E-state index in [1.807, 2.05) is 50.4 Å². The smallest absolute Gasteiger partial charge is 0.255 e. The van der Waals surface area contributed by atoms with Gasteiger partial charge in [0.05, 0.1) is 22.3 Å². The summed E-state index contributed by atoms with van der Waals surface area (Å²) in [5, 5.41) is 7.98. The van der Waals surface area contributed by atoms with Crippen LogP contribution >= 0.6 is 0 Å². The second kappa shape index (κ2) is 6.50. The van der Waals surface area contributed by atoms with Crippen molar-refractivity contribution in [3.8, 4) is 11.3 Å². The van der Waals surface area contributed by atoms with Crippen LogP contribution in [0.4, 0.5) is 0 Å².